The maximum Gasteiger partial charge on any atom is 0.356 e. The number of carboxylic acids is 2. The molecule has 80 valence electrons. The molecule has 15 heavy (non-hydrogen) atoms. The molecule has 0 saturated carbocycles. The van der Waals surface area contributed by atoms with Crippen molar-refractivity contribution in [1.82, 2.24) is 9.55 Å². The first-order valence-electron chi connectivity index (χ1n) is 4.38. The van der Waals surface area contributed by atoms with Crippen molar-refractivity contribution < 1.29 is 19.8 Å². The molecule has 7 heteroatoms. The molecule has 0 radical (unpaired) electrons. The van der Waals surface area contributed by atoms with E-state index in [4.69, 9.17) is 10.2 Å². The van der Waals surface area contributed by atoms with Gasteiger partial charge in [0.2, 0.25) is 5.95 Å². The van der Waals surface area contributed by atoms with Crippen LogP contribution in [0.1, 0.15) is 23.0 Å². The van der Waals surface area contributed by atoms with E-state index in [0.717, 1.165) is 0 Å². The first-order chi connectivity index (χ1) is 7.09. The summed E-state index contributed by atoms with van der Waals surface area (Å²) in [7, 11) is 0. The minimum Gasteiger partial charge on any atom is -0.480 e. The maximum atomic E-state index is 10.9. The molecule has 1 aliphatic heterocycles. The lowest BCUT2D eigenvalue weighted by Gasteiger charge is -2.22. The van der Waals surface area contributed by atoms with E-state index in [2.05, 4.69) is 10.3 Å². The monoisotopic (exact) mass is 211 g/mol. The number of nitrogens with zero attached hydrogens (tertiary/aromatic N) is 2. The van der Waals surface area contributed by atoms with E-state index < -0.39 is 18.0 Å². The Kier molecular flexibility index (Phi) is 2.07. The van der Waals surface area contributed by atoms with Crippen LogP contribution in [0, 0.1) is 0 Å². The molecule has 1 atom stereocenters. The zero-order valence-electron chi connectivity index (χ0n) is 7.67. The molecule has 3 N–H and O–H groups in total. The van der Waals surface area contributed by atoms with E-state index in [1.54, 1.807) is 0 Å². The van der Waals surface area contributed by atoms with E-state index in [0.29, 0.717) is 18.9 Å². The average molecular weight is 211 g/mol. The topological polar surface area (TPSA) is 104 Å². The van der Waals surface area contributed by atoms with Crippen molar-refractivity contribution in [3.8, 4) is 0 Å². The Morgan fingerprint density at radius 2 is 2.27 bits per heavy atom. The summed E-state index contributed by atoms with van der Waals surface area (Å²) in [5.41, 5.74) is -0.148. The number of hydrogen-bond donors (Lipinski definition) is 3. The van der Waals surface area contributed by atoms with Gasteiger partial charge in [0.1, 0.15) is 6.04 Å². The Labute approximate surface area is 84.4 Å². The van der Waals surface area contributed by atoms with Gasteiger partial charge in [-0.2, -0.15) is 0 Å². The largest absolute Gasteiger partial charge is 0.480 e. The highest BCUT2D eigenvalue weighted by Crippen LogP contribution is 2.23. The van der Waals surface area contributed by atoms with Crippen LogP contribution in [0.25, 0.3) is 0 Å². The summed E-state index contributed by atoms with van der Waals surface area (Å²) in [5.74, 6) is -1.85. The van der Waals surface area contributed by atoms with Crippen molar-refractivity contribution in [2.45, 2.75) is 12.5 Å². The highest BCUT2D eigenvalue weighted by atomic mass is 16.4. The van der Waals surface area contributed by atoms with Crippen molar-refractivity contribution in [1.29, 1.82) is 0 Å². The summed E-state index contributed by atoms with van der Waals surface area (Å²) in [4.78, 5) is 25.3. The molecule has 0 spiro atoms. The van der Waals surface area contributed by atoms with Gasteiger partial charge in [-0.25, -0.2) is 14.6 Å². The lowest BCUT2D eigenvalue weighted by atomic mass is 10.2. The second-order valence-corrected chi connectivity index (χ2v) is 3.23. The summed E-state index contributed by atoms with van der Waals surface area (Å²) >= 11 is 0. The smallest absolute Gasteiger partial charge is 0.356 e. The fraction of sp³-hybridized carbons (Fsp3) is 0.375. The molecule has 2 heterocycles. The third-order valence-electron chi connectivity index (χ3n) is 2.27. The number of aliphatic carboxylic acids is 1. The van der Waals surface area contributed by atoms with E-state index in [1.807, 2.05) is 0 Å². The van der Waals surface area contributed by atoms with Gasteiger partial charge in [-0.15, -0.1) is 0 Å². The molecule has 2 rings (SSSR count). The maximum absolute atomic E-state index is 10.9. The van der Waals surface area contributed by atoms with Gasteiger partial charge in [-0.3, -0.25) is 0 Å². The van der Waals surface area contributed by atoms with Crippen molar-refractivity contribution in [3.05, 3.63) is 11.9 Å². The number of aromatic carboxylic acids is 1. The predicted octanol–water partition coefficient (Wildman–Crippen LogP) is 0.0226. The van der Waals surface area contributed by atoms with Crippen molar-refractivity contribution in [3.63, 3.8) is 0 Å². The van der Waals surface area contributed by atoms with Gasteiger partial charge in [0.05, 0.1) is 0 Å². The highest BCUT2D eigenvalue weighted by molar-refractivity contribution is 5.86. The molecular weight excluding hydrogens is 202 g/mol. The molecule has 1 aromatic heterocycles. The lowest BCUT2D eigenvalue weighted by Crippen LogP contribution is -2.27. The molecule has 0 aliphatic carbocycles. The second-order valence-electron chi connectivity index (χ2n) is 3.23. The standard InChI is InChI=1S/C8H9N3O4/c12-6(13)4-3-11-5(7(14)15)1-2-9-8(11)10-4/h3,5H,1-2H2,(H,9,10)(H,12,13)(H,14,15). The van der Waals surface area contributed by atoms with Crippen molar-refractivity contribution in [2.24, 2.45) is 0 Å². The number of aromatic nitrogens is 2. The first kappa shape index (κ1) is 9.50. The SMILES string of the molecule is O=C(O)c1cn2c(n1)NCCC2C(=O)O. The van der Waals surface area contributed by atoms with Crippen LogP contribution in [-0.4, -0.2) is 38.2 Å². The first-order valence-corrected chi connectivity index (χ1v) is 4.38. The lowest BCUT2D eigenvalue weighted by molar-refractivity contribution is -0.141. The van der Waals surface area contributed by atoms with Gasteiger partial charge in [0.25, 0.3) is 0 Å². The van der Waals surface area contributed by atoms with E-state index >= 15 is 0 Å². The van der Waals surface area contributed by atoms with Crippen molar-refractivity contribution >= 4 is 17.9 Å². The van der Waals surface area contributed by atoms with Gasteiger partial charge < -0.3 is 20.1 Å². The molecule has 0 aromatic carbocycles. The summed E-state index contributed by atoms with van der Waals surface area (Å²) < 4.78 is 1.34. The van der Waals surface area contributed by atoms with E-state index in [-0.39, 0.29) is 5.69 Å². The van der Waals surface area contributed by atoms with Gasteiger partial charge >= 0.3 is 11.9 Å². The number of nitrogens with one attached hydrogen (secondary N) is 1. The predicted molar refractivity (Wildman–Crippen MR) is 49.0 cm³/mol. The van der Waals surface area contributed by atoms with Crippen molar-refractivity contribution in [2.75, 3.05) is 11.9 Å². The second kappa shape index (κ2) is 3.26. The quantitative estimate of drug-likeness (QED) is 0.637. The summed E-state index contributed by atoms with van der Waals surface area (Å²) in [6.45, 7) is 0.479. The number of imidazole rings is 1. The molecule has 7 nitrogen and oxygen atoms in total. The van der Waals surface area contributed by atoms with Crippen LogP contribution in [-0.2, 0) is 4.79 Å². The molecule has 1 aromatic rings. The van der Waals surface area contributed by atoms with Crippen LogP contribution in [0.3, 0.4) is 0 Å². The average Bonchev–Trinajstić information content (AvgIpc) is 2.60. The van der Waals surface area contributed by atoms with E-state index in [1.165, 1.54) is 10.8 Å². The normalized spacial score (nSPS) is 19.1. The third-order valence-corrected chi connectivity index (χ3v) is 2.27. The molecule has 1 aliphatic rings. The number of fused-ring (bicyclic) bond motifs is 1. The van der Waals surface area contributed by atoms with E-state index in [9.17, 15) is 9.59 Å². The third kappa shape index (κ3) is 1.51. The zero-order valence-corrected chi connectivity index (χ0v) is 7.67. The van der Waals surface area contributed by atoms with Gasteiger partial charge in [-0.05, 0) is 6.42 Å². The highest BCUT2D eigenvalue weighted by Gasteiger charge is 2.27. The number of carbonyl (C=O) groups is 2. The number of carboxylic acid groups (broad SMARTS) is 2. The Bertz CT molecular complexity index is 426. The van der Waals surface area contributed by atoms with Crippen LogP contribution in [0.5, 0.6) is 0 Å². The zero-order chi connectivity index (χ0) is 11.0. The van der Waals surface area contributed by atoms with Crippen LogP contribution < -0.4 is 5.32 Å². The summed E-state index contributed by atoms with van der Waals surface area (Å²) in [6, 6.07) is -0.734. The summed E-state index contributed by atoms with van der Waals surface area (Å²) in [6.07, 6.45) is 1.65. The van der Waals surface area contributed by atoms with Crippen LogP contribution in [0.2, 0.25) is 0 Å². The van der Waals surface area contributed by atoms with Gasteiger partial charge in [0, 0.05) is 12.7 Å². The minimum absolute atomic E-state index is 0.148. The molecule has 0 bridgehead atoms. The molecule has 0 saturated heterocycles. The number of rotatable bonds is 2. The Balaban J connectivity index is 2.43. The Hall–Kier alpha value is -2.05. The number of hydrogen-bond acceptors (Lipinski definition) is 4. The fourth-order valence-corrected chi connectivity index (χ4v) is 1.57. The number of anilines is 1. The molecule has 0 amide bonds. The van der Waals surface area contributed by atoms with Crippen LogP contribution in [0.15, 0.2) is 6.20 Å². The Morgan fingerprint density at radius 3 is 2.87 bits per heavy atom. The van der Waals surface area contributed by atoms with Crippen LogP contribution >= 0.6 is 0 Å². The van der Waals surface area contributed by atoms with Gasteiger partial charge in [-0.1, -0.05) is 0 Å². The van der Waals surface area contributed by atoms with Gasteiger partial charge in [0.15, 0.2) is 5.69 Å². The molecule has 0 fully saturated rings. The molecule has 1 unspecified atom stereocenters. The molecular formula is C8H9N3O4. The van der Waals surface area contributed by atoms with Crippen LogP contribution in [0.4, 0.5) is 5.95 Å². The minimum atomic E-state index is -1.16. The summed E-state index contributed by atoms with van der Waals surface area (Å²) in [5, 5.41) is 20.5. The fourth-order valence-electron chi connectivity index (χ4n) is 1.57. The Morgan fingerprint density at radius 1 is 1.53 bits per heavy atom.